The largest absolute Gasteiger partial charge is 0.443 e. The van der Waals surface area contributed by atoms with Crippen molar-refractivity contribution in [1.82, 2.24) is 19.8 Å². The molecule has 0 fully saturated rings. The van der Waals surface area contributed by atoms with Gasteiger partial charge in [0.05, 0.1) is 18.3 Å². The van der Waals surface area contributed by atoms with E-state index in [2.05, 4.69) is 10.3 Å². The molecule has 0 aliphatic carbocycles. The monoisotopic (exact) mass is 383 g/mol. The summed E-state index contributed by atoms with van der Waals surface area (Å²) in [6.45, 7) is 5.63. The number of amides is 2. The number of rotatable bonds is 8. The number of nitrogens with one attached hydrogen (secondary N) is 1. The first-order valence-corrected chi connectivity index (χ1v) is 8.57. The van der Waals surface area contributed by atoms with Gasteiger partial charge in [-0.25, -0.2) is 14.3 Å². The zero-order valence-corrected chi connectivity index (χ0v) is 16.5. The number of likely N-dealkylation sites (N-methyl/N-ethyl adjacent to an activating group) is 1. The van der Waals surface area contributed by atoms with Crippen LogP contribution in [0.4, 0.5) is 4.79 Å². The van der Waals surface area contributed by atoms with E-state index in [0.717, 1.165) is 0 Å². The van der Waals surface area contributed by atoms with Gasteiger partial charge in [0.25, 0.3) is 0 Å². The van der Waals surface area contributed by atoms with E-state index in [-0.39, 0.29) is 32.1 Å². The first-order valence-electron chi connectivity index (χ1n) is 8.57. The van der Waals surface area contributed by atoms with E-state index in [9.17, 15) is 14.4 Å². The number of ether oxygens (including phenoxy) is 2. The molecule has 3 N–H and O–H groups in total. The van der Waals surface area contributed by atoms with Crippen LogP contribution in [-0.2, 0) is 25.5 Å². The molecule has 0 spiro atoms. The van der Waals surface area contributed by atoms with Gasteiger partial charge in [-0.05, 0) is 20.8 Å². The van der Waals surface area contributed by atoms with Gasteiger partial charge in [-0.15, -0.1) is 0 Å². The third-order valence-corrected chi connectivity index (χ3v) is 3.34. The highest BCUT2D eigenvalue weighted by atomic mass is 16.6. The Balaban J connectivity index is 2.45. The topological polar surface area (TPSA) is 129 Å². The number of imidazole rings is 1. The first-order chi connectivity index (χ1) is 12.5. The average molecular weight is 383 g/mol. The van der Waals surface area contributed by atoms with Crippen LogP contribution in [0.15, 0.2) is 12.5 Å². The maximum Gasteiger partial charge on any atom is 0.420 e. The quantitative estimate of drug-likeness (QED) is 0.593. The van der Waals surface area contributed by atoms with Crippen molar-refractivity contribution in [2.24, 2.45) is 5.73 Å². The fourth-order valence-electron chi connectivity index (χ4n) is 1.93. The lowest BCUT2D eigenvalue weighted by Gasteiger charge is -2.20. The van der Waals surface area contributed by atoms with Gasteiger partial charge < -0.3 is 25.4 Å². The number of aromatic nitrogens is 2. The minimum Gasteiger partial charge on any atom is -0.443 e. The molecule has 1 unspecified atom stereocenters. The Morgan fingerprint density at radius 1 is 1.33 bits per heavy atom. The van der Waals surface area contributed by atoms with Crippen molar-refractivity contribution in [1.29, 1.82) is 0 Å². The predicted octanol–water partition coefficient (Wildman–Crippen LogP) is -0.243. The third kappa shape index (κ3) is 8.18. The molecule has 0 saturated carbocycles. The molecule has 10 heteroatoms. The highest BCUT2D eigenvalue weighted by Crippen LogP contribution is 2.11. The Kier molecular flexibility index (Phi) is 8.38. The van der Waals surface area contributed by atoms with E-state index in [4.69, 9.17) is 15.2 Å². The summed E-state index contributed by atoms with van der Waals surface area (Å²) < 4.78 is 11.7. The Morgan fingerprint density at radius 2 is 2.00 bits per heavy atom. The van der Waals surface area contributed by atoms with Gasteiger partial charge in [-0.1, -0.05) is 0 Å². The average Bonchev–Trinajstić information content (AvgIpc) is 3.00. The highest BCUT2D eigenvalue weighted by Gasteiger charge is 2.22. The van der Waals surface area contributed by atoms with Gasteiger partial charge in [0, 0.05) is 33.3 Å². The Labute approximate surface area is 159 Å². The van der Waals surface area contributed by atoms with Crippen LogP contribution in [0.3, 0.4) is 0 Å². The zero-order valence-electron chi connectivity index (χ0n) is 16.5. The second-order valence-corrected chi connectivity index (χ2v) is 7.18. The minimum absolute atomic E-state index is 0.0516. The summed E-state index contributed by atoms with van der Waals surface area (Å²) in [6, 6.07) is -0.869. The number of carbonyl (C=O) groups is 3. The van der Waals surface area contributed by atoms with Gasteiger partial charge in [0.1, 0.15) is 18.5 Å². The summed E-state index contributed by atoms with van der Waals surface area (Å²) in [6.07, 6.45) is 2.32. The molecule has 0 bridgehead atoms. The fourth-order valence-corrected chi connectivity index (χ4v) is 1.93. The fraction of sp³-hybridized carbons (Fsp3) is 0.647. The van der Waals surface area contributed by atoms with E-state index in [1.54, 1.807) is 34.9 Å². The summed E-state index contributed by atoms with van der Waals surface area (Å²) in [5.41, 5.74) is 5.73. The van der Waals surface area contributed by atoms with E-state index in [1.165, 1.54) is 22.0 Å². The van der Waals surface area contributed by atoms with Crippen LogP contribution in [0.25, 0.3) is 0 Å². The second-order valence-electron chi connectivity index (χ2n) is 7.18. The molecule has 1 aromatic rings. The summed E-state index contributed by atoms with van der Waals surface area (Å²) in [5.74, 6) is -0.553. The maximum atomic E-state index is 12.2. The van der Waals surface area contributed by atoms with Crippen molar-refractivity contribution >= 4 is 17.9 Å². The van der Waals surface area contributed by atoms with E-state index in [0.29, 0.717) is 5.69 Å². The molecule has 10 nitrogen and oxygen atoms in total. The van der Waals surface area contributed by atoms with Crippen molar-refractivity contribution in [3.63, 3.8) is 0 Å². The number of nitrogens with two attached hydrogens (primary N) is 1. The van der Waals surface area contributed by atoms with Gasteiger partial charge in [-0.2, -0.15) is 0 Å². The number of hydrogen-bond acceptors (Lipinski definition) is 7. The normalized spacial score (nSPS) is 12.4. The van der Waals surface area contributed by atoms with Crippen molar-refractivity contribution in [2.75, 3.05) is 33.9 Å². The van der Waals surface area contributed by atoms with Gasteiger partial charge >= 0.3 is 6.09 Å². The van der Waals surface area contributed by atoms with Crippen LogP contribution in [0.5, 0.6) is 0 Å². The highest BCUT2D eigenvalue weighted by molar-refractivity contribution is 5.82. The lowest BCUT2D eigenvalue weighted by molar-refractivity contribution is -0.133. The van der Waals surface area contributed by atoms with Crippen LogP contribution in [0.2, 0.25) is 0 Å². The van der Waals surface area contributed by atoms with Gasteiger partial charge in [0.2, 0.25) is 11.8 Å². The van der Waals surface area contributed by atoms with Crippen LogP contribution in [0, 0.1) is 0 Å². The maximum absolute atomic E-state index is 12.2. The molecule has 2 amide bonds. The molecular formula is C17H29N5O5. The lowest BCUT2D eigenvalue weighted by Crippen LogP contribution is -2.43. The Bertz CT molecular complexity index is 650. The summed E-state index contributed by atoms with van der Waals surface area (Å²) in [4.78, 5) is 40.9. The van der Waals surface area contributed by atoms with Gasteiger partial charge in [0.15, 0.2) is 0 Å². The van der Waals surface area contributed by atoms with E-state index < -0.39 is 23.6 Å². The first kappa shape index (κ1) is 22.6. The molecule has 1 rings (SSSR count). The molecule has 0 radical (unpaired) electrons. The summed E-state index contributed by atoms with van der Waals surface area (Å²) in [5, 5.41) is 2.63. The van der Waals surface area contributed by atoms with Crippen LogP contribution in [-0.4, -0.2) is 77.9 Å². The molecule has 0 saturated heterocycles. The number of nitrogens with zero attached hydrogens (tertiary/aromatic N) is 3. The molecule has 1 atom stereocenters. The smallest absolute Gasteiger partial charge is 0.420 e. The van der Waals surface area contributed by atoms with Crippen molar-refractivity contribution in [3.05, 3.63) is 18.2 Å². The van der Waals surface area contributed by atoms with E-state index in [1.807, 2.05) is 0 Å². The molecule has 1 aromatic heterocycles. The van der Waals surface area contributed by atoms with Crippen LogP contribution >= 0.6 is 0 Å². The Morgan fingerprint density at radius 3 is 2.59 bits per heavy atom. The number of hydrogen-bond donors (Lipinski definition) is 2. The number of carbonyl (C=O) groups excluding carboxylic acids is 3. The van der Waals surface area contributed by atoms with Crippen molar-refractivity contribution in [2.45, 2.75) is 38.8 Å². The molecular weight excluding hydrogens is 354 g/mol. The van der Waals surface area contributed by atoms with Crippen LogP contribution < -0.4 is 11.1 Å². The lowest BCUT2D eigenvalue weighted by atomic mass is 10.1. The zero-order chi connectivity index (χ0) is 20.6. The van der Waals surface area contributed by atoms with Crippen molar-refractivity contribution < 1.29 is 23.9 Å². The van der Waals surface area contributed by atoms with Crippen LogP contribution in [0.1, 0.15) is 26.5 Å². The molecule has 0 aliphatic heterocycles. The summed E-state index contributed by atoms with van der Waals surface area (Å²) in [7, 11) is 3.27. The minimum atomic E-state index is -0.869. The van der Waals surface area contributed by atoms with Gasteiger partial charge in [-0.3, -0.25) is 9.59 Å². The Hall–Kier alpha value is -2.46. The molecule has 0 aromatic carbocycles. The second kappa shape index (κ2) is 10.0. The van der Waals surface area contributed by atoms with Crippen molar-refractivity contribution in [3.8, 4) is 0 Å². The molecule has 27 heavy (non-hydrogen) atoms. The van der Waals surface area contributed by atoms with E-state index >= 15 is 0 Å². The molecule has 152 valence electrons. The SMILES string of the molecule is CN(C)C(=O)COCCNC(=O)C(N)Cc1cncn1C(=O)OC(C)(C)C. The standard InChI is InChI=1S/C17H29N5O5/c1-17(2,3)27-16(25)22-11-19-9-12(22)8-13(18)15(24)20-6-7-26-10-14(23)21(4)5/h9,11,13H,6-8,10,18H2,1-5H3,(H,20,24). The third-order valence-electron chi connectivity index (χ3n) is 3.34. The predicted molar refractivity (Wildman–Crippen MR) is 98.1 cm³/mol. The molecule has 1 heterocycles. The summed E-state index contributed by atoms with van der Waals surface area (Å²) >= 11 is 0. The molecule has 0 aliphatic rings.